The monoisotopic (exact) mass is 485 g/mol. The summed E-state index contributed by atoms with van der Waals surface area (Å²) < 4.78 is 10.5. The van der Waals surface area contributed by atoms with Gasteiger partial charge in [0.2, 0.25) is 0 Å². The van der Waals surface area contributed by atoms with Crippen molar-refractivity contribution in [1.82, 2.24) is 0 Å². The standard InChI is InChI=1S/C26H25Cl2NO4/c1-15-23(26(31)33-12-11-32-2)24(17-5-9-20(28)10-6-17)25-21(29-15)13-18(14-22(25)30)16-3-7-19(27)8-4-16/h3-10,18,23-24H,11-14H2,1-2H3/t18-,23?,24+/m0/s1. The van der Waals surface area contributed by atoms with Gasteiger partial charge in [-0.25, -0.2) is 0 Å². The first-order valence-electron chi connectivity index (χ1n) is 10.9. The average Bonchev–Trinajstić information content (AvgIpc) is 2.79. The number of hydrogen-bond donors (Lipinski definition) is 0. The molecule has 0 spiro atoms. The molecule has 0 radical (unpaired) electrons. The van der Waals surface area contributed by atoms with Crippen molar-refractivity contribution in [2.24, 2.45) is 10.9 Å². The largest absolute Gasteiger partial charge is 0.463 e. The van der Waals surface area contributed by atoms with Crippen molar-refractivity contribution in [3.8, 4) is 0 Å². The summed E-state index contributed by atoms with van der Waals surface area (Å²) in [6.07, 6.45) is 0.972. The second kappa shape index (κ2) is 10.2. The molecule has 0 N–H and O–H groups in total. The van der Waals surface area contributed by atoms with E-state index >= 15 is 0 Å². The van der Waals surface area contributed by atoms with Gasteiger partial charge in [0.1, 0.15) is 12.5 Å². The zero-order chi connectivity index (χ0) is 23.5. The molecule has 0 aromatic heterocycles. The molecule has 0 fully saturated rings. The summed E-state index contributed by atoms with van der Waals surface area (Å²) >= 11 is 12.1. The first-order chi connectivity index (χ1) is 15.9. The number of hydrogen-bond acceptors (Lipinski definition) is 5. The van der Waals surface area contributed by atoms with Crippen molar-refractivity contribution < 1.29 is 19.1 Å². The number of ketones is 1. The Hall–Kier alpha value is -2.47. The highest BCUT2D eigenvalue weighted by Crippen LogP contribution is 2.47. The lowest BCUT2D eigenvalue weighted by molar-refractivity contribution is -0.147. The van der Waals surface area contributed by atoms with E-state index in [4.69, 9.17) is 37.7 Å². The Morgan fingerprint density at radius 2 is 1.58 bits per heavy atom. The molecule has 33 heavy (non-hydrogen) atoms. The van der Waals surface area contributed by atoms with E-state index in [-0.39, 0.29) is 18.3 Å². The van der Waals surface area contributed by atoms with Gasteiger partial charge in [-0.2, -0.15) is 0 Å². The highest BCUT2D eigenvalue weighted by atomic mass is 35.5. The van der Waals surface area contributed by atoms with Gasteiger partial charge in [-0.1, -0.05) is 47.5 Å². The fourth-order valence-electron chi connectivity index (χ4n) is 4.68. The van der Waals surface area contributed by atoms with Crippen LogP contribution in [0.2, 0.25) is 10.0 Å². The number of Topliss-reactive ketones (excluding diaryl/α,β-unsaturated/α-hetero) is 1. The van der Waals surface area contributed by atoms with E-state index in [0.717, 1.165) is 16.8 Å². The minimum atomic E-state index is -0.683. The van der Waals surface area contributed by atoms with Crippen LogP contribution in [0.1, 0.15) is 42.7 Å². The third-order valence-corrected chi connectivity index (χ3v) is 6.75. The van der Waals surface area contributed by atoms with E-state index in [1.807, 2.05) is 43.3 Å². The van der Waals surface area contributed by atoms with Gasteiger partial charge in [0.05, 0.1) is 6.61 Å². The molecule has 0 saturated heterocycles. The molecule has 0 bridgehead atoms. The predicted molar refractivity (Wildman–Crippen MR) is 129 cm³/mol. The molecule has 7 heteroatoms. The van der Waals surface area contributed by atoms with Crippen molar-refractivity contribution >= 4 is 40.7 Å². The SMILES string of the molecule is COCCOC(=O)C1C(C)=NC2=C(C(=O)C[C@@H](c3ccc(Cl)cc3)C2)[C@@H]1c1ccc(Cl)cc1. The number of aliphatic imine (C=N–C) groups is 1. The zero-order valence-electron chi connectivity index (χ0n) is 18.5. The van der Waals surface area contributed by atoms with Crippen molar-refractivity contribution in [3.05, 3.63) is 81.0 Å². The van der Waals surface area contributed by atoms with Crippen molar-refractivity contribution in [1.29, 1.82) is 0 Å². The van der Waals surface area contributed by atoms with Gasteiger partial charge in [-0.05, 0) is 54.7 Å². The van der Waals surface area contributed by atoms with Gasteiger partial charge >= 0.3 is 5.97 Å². The van der Waals surface area contributed by atoms with Crippen LogP contribution in [0.15, 0.2) is 64.8 Å². The lowest BCUT2D eigenvalue weighted by Gasteiger charge is -2.36. The summed E-state index contributed by atoms with van der Waals surface area (Å²) in [6, 6.07) is 14.9. The smallest absolute Gasteiger partial charge is 0.315 e. The van der Waals surface area contributed by atoms with Gasteiger partial charge in [-0.3, -0.25) is 14.6 Å². The molecule has 172 valence electrons. The molecule has 4 rings (SSSR count). The molecule has 5 nitrogen and oxygen atoms in total. The Bertz CT molecular complexity index is 1110. The molecular formula is C26H25Cl2NO4. The molecule has 1 aliphatic carbocycles. The van der Waals surface area contributed by atoms with Gasteiger partial charge in [0.15, 0.2) is 5.78 Å². The first kappa shape index (κ1) is 23.7. The van der Waals surface area contributed by atoms with Gasteiger partial charge < -0.3 is 9.47 Å². The molecule has 3 atom stereocenters. The Morgan fingerprint density at radius 3 is 2.18 bits per heavy atom. The van der Waals surface area contributed by atoms with Gasteiger partial charge in [-0.15, -0.1) is 0 Å². The van der Waals surface area contributed by atoms with Crippen molar-refractivity contribution in [2.45, 2.75) is 31.6 Å². The van der Waals surface area contributed by atoms with Gasteiger partial charge in [0.25, 0.3) is 0 Å². The molecule has 1 heterocycles. The summed E-state index contributed by atoms with van der Waals surface area (Å²) in [7, 11) is 1.55. The van der Waals surface area contributed by atoms with E-state index < -0.39 is 17.8 Å². The van der Waals surface area contributed by atoms with E-state index in [2.05, 4.69) is 0 Å². The molecule has 0 amide bonds. The molecule has 1 aliphatic heterocycles. The molecular weight excluding hydrogens is 461 g/mol. The predicted octanol–water partition coefficient (Wildman–Crippen LogP) is 5.76. The molecule has 1 unspecified atom stereocenters. The second-order valence-corrected chi connectivity index (χ2v) is 9.23. The third kappa shape index (κ3) is 5.06. The van der Waals surface area contributed by atoms with Crippen LogP contribution in [0.5, 0.6) is 0 Å². The Morgan fingerprint density at radius 1 is 0.970 bits per heavy atom. The summed E-state index contributed by atoms with van der Waals surface area (Å²) in [6.45, 7) is 2.27. The number of esters is 1. The van der Waals surface area contributed by atoms with Crippen LogP contribution < -0.4 is 0 Å². The number of carbonyl (C=O) groups is 2. The quantitative estimate of drug-likeness (QED) is 0.385. The van der Waals surface area contributed by atoms with Crippen LogP contribution in [0.4, 0.5) is 0 Å². The minimum Gasteiger partial charge on any atom is -0.463 e. The number of halogens is 2. The Balaban J connectivity index is 1.73. The van der Waals surface area contributed by atoms with Crippen LogP contribution in [0, 0.1) is 5.92 Å². The van der Waals surface area contributed by atoms with Gasteiger partial charge in [0, 0.05) is 46.5 Å². The number of benzene rings is 2. The maximum Gasteiger partial charge on any atom is 0.315 e. The van der Waals surface area contributed by atoms with Crippen LogP contribution >= 0.6 is 23.2 Å². The highest BCUT2D eigenvalue weighted by molar-refractivity contribution is 6.30. The fraction of sp³-hybridized carbons (Fsp3) is 0.346. The van der Waals surface area contributed by atoms with Crippen LogP contribution in [-0.4, -0.2) is 37.8 Å². The second-order valence-electron chi connectivity index (χ2n) is 8.36. The summed E-state index contributed by atoms with van der Waals surface area (Å²) in [5.41, 5.74) is 3.87. The first-order valence-corrected chi connectivity index (χ1v) is 11.6. The highest BCUT2D eigenvalue weighted by Gasteiger charge is 2.44. The zero-order valence-corrected chi connectivity index (χ0v) is 20.0. The summed E-state index contributed by atoms with van der Waals surface area (Å²) in [4.78, 5) is 31.4. The number of methoxy groups -OCH3 is 1. The Labute approximate surface area is 203 Å². The van der Waals surface area contributed by atoms with E-state index in [0.29, 0.717) is 40.8 Å². The minimum absolute atomic E-state index is 0.00194. The Kier molecular flexibility index (Phi) is 7.32. The normalized spacial score (nSPS) is 22.6. The van der Waals surface area contributed by atoms with Crippen molar-refractivity contribution in [2.75, 3.05) is 20.3 Å². The molecule has 2 aliphatic rings. The number of carbonyl (C=O) groups excluding carboxylic acids is 2. The number of rotatable bonds is 6. The lowest BCUT2D eigenvalue weighted by atomic mass is 9.69. The van der Waals surface area contributed by atoms with Crippen molar-refractivity contribution in [3.63, 3.8) is 0 Å². The average molecular weight is 486 g/mol. The van der Waals surface area contributed by atoms with E-state index in [1.54, 1.807) is 19.2 Å². The topological polar surface area (TPSA) is 65.0 Å². The number of ether oxygens (including phenoxy) is 2. The van der Waals surface area contributed by atoms with Crippen LogP contribution in [-0.2, 0) is 19.1 Å². The molecule has 2 aromatic carbocycles. The molecule has 2 aromatic rings. The van der Waals surface area contributed by atoms with E-state index in [9.17, 15) is 9.59 Å². The summed E-state index contributed by atoms with van der Waals surface area (Å²) in [5.74, 6) is -1.54. The maximum absolute atomic E-state index is 13.5. The number of allylic oxidation sites excluding steroid dienone is 2. The maximum atomic E-state index is 13.5. The lowest BCUT2D eigenvalue weighted by Crippen LogP contribution is -2.38. The van der Waals surface area contributed by atoms with E-state index in [1.165, 1.54) is 0 Å². The summed E-state index contributed by atoms with van der Waals surface area (Å²) in [5, 5.41) is 1.25. The van der Waals surface area contributed by atoms with Crippen LogP contribution in [0.3, 0.4) is 0 Å². The number of nitrogens with zero attached hydrogens (tertiary/aromatic N) is 1. The fourth-order valence-corrected chi connectivity index (χ4v) is 4.93. The molecule has 0 saturated carbocycles. The third-order valence-electron chi connectivity index (χ3n) is 6.24. The van der Waals surface area contributed by atoms with Crippen LogP contribution in [0.25, 0.3) is 0 Å².